The van der Waals surface area contributed by atoms with E-state index < -0.39 is 0 Å². The second-order valence-electron chi connectivity index (χ2n) is 5.70. The molecule has 1 saturated heterocycles. The van der Waals surface area contributed by atoms with Crippen LogP contribution >= 0.6 is 11.8 Å². The SMILES string of the molecule is CSc1nc(C)cc(N2CCCC(NC(=O)c3cnccn3)C2)n1. The Labute approximate surface area is 145 Å². The Balaban J connectivity index is 1.68. The summed E-state index contributed by atoms with van der Waals surface area (Å²) in [5.41, 5.74) is 1.30. The second-order valence-corrected chi connectivity index (χ2v) is 6.48. The van der Waals surface area contributed by atoms with Gasteiger partial charge in [0.2, 0.25) is 0 Å². The summed E-state index contributed by atoms with van der Waals surface area (Å²) in [5.74, 6) is 0.740. The van der Waals surface area contributed by atoms with Gasteiger partial charge in [-0.15, -0.1) is 0 Å². The van der Waals surface area contributed by atoms with Gasteiger partial charge in [0.25, 0.3) is 5.91 Å². The van der Waals surface area contributed by atoms with E-state index >= 15 is 0 Å². The van der Waals surface area contributed by atoms with Crippen molar-refractivity contribution in [1.29, 1.82) is 0 Å². The number of rotatable bonds is 4. The van der Waals surface area contributed by atoms with Crippen molar-refractivity contribution in [2.24, 2.45) is 0 Å². The van der Waals surface area contributed by atoms with E-state index in [0.717, 1.165) is 42.6 Å². The van der Waals surface area contributed by atoms with Gasteiger partial charge in [0, 0.05) is 43.3 Å². The molecule has 1 atom stereocenters. The smallest absolute Gasteiger partial charge is 0.271 e. The second kappa shape index (κ2) is 7.57. The zero-order chi connectivity index (χ0) is 16.9. The topological polar surface area (TPSA) is 83.9 Å². The molecule has 24 heavy (non-hydrogen) atoms. The summed E-state index contributed by atoms with van der Waals surface area (Å²) < 4.78 is 0. The number of piperidine rings is 1. The Kier molecular flexibility index (Phi) is 5.24. The minimum absolute atomic E-state index is 0.0706. The van der Waals surface area contributed by atoms with Gasteiger partial charge in [0.05, 0.1) is 6.20 Å². The lowest BCUT2D eigenvalue weighted by molar-refractivity contribution is 0.0927. The zero-order valence-electron chi connectivity index (χ0n) is 13.8. The van der Waals surface area contributed by atoms with Crippen LogP contribution in [0.15, 0.2) is 29.8 Å². The van der Waals surface area contributed by atoms with E-state index in [1.165, 1.54) is 24.2 Å². The molecule has 1 aliphatic heterocycles. The van der Waals surface area contributed by atoms with Gasteiger partial charge in [-0.05, 0) is 26.0 Å². The molecule has 8 heteroatoms. The minimum Gasteiger partial charge on any atom is -0.354 e. The highest BCUT2D eigenvalue weighted by Crippen LogP contribution is 2.21. The standard InChI is InChI=1S/C16H20N6OS/c1-11-8-14(21-16(19-11)24-2)22-7-3-4-12(10-22)20-15(23)13-9-17-5-6-18-13/h5-6,8-9,12H,3-4,7,10H2,1-2H3,(H,20,23). The number of hydrogen-bond acceptors (Lipinski definition) is 7. The Morgan fingerprint density at radius 2 is 2.25 bits per heavy atom. The fourth-order valence-corrected chi connectivity index (χ4v) is 3.18. The Morgan fingerprint density at radius 3 is 3.00 bits per heavy atom. The molecule has 0 bridgehead atoms. The van der Waals surface area contributed by atoms with Gasteiger partial charge in [-0.25, -0.2) is 15.0 Å². The van der Waals surface area contributed by atoms with E-state index in [9.17, 15) is 4.79 Å². The highest BCUT2D eigenvalue weighted by atomic mass is 32.2. The lowest BCUT2D eigenvalue weighted by atomic mass is 10.1. The maximum Gasteiger partial charge on any atom is 0.271 e. The molecular weight excluding hydrogens is 324 g/mol. The normalized spacial score (nSPS) is 17.6. The summed E-state index contributed by atoms with van der Waals surface area (Å²) in [6, 6.07) is 2.06. The van der Waals surface area contributed by atoms with Gasteiger partial charge < -0.3 is 10.2 Å². The molecule has 126 valence electrons. The van der Waals surface area contributed by atoms with Crippen molar-refractivity contribution in [1.82, 2.24) is 25.3 Å². The van der Waals surface area contributed by atoms with Gasteiger partial charge in [-0.3, -0.25) is 9.78 Å². The quantitative estimate of drug-likeness (QED) is 0.667. The molecule has 0 saturated carbocycles. The molecular formula is C16H20N6OS. The van der Waals surface area contributed by atoms with E-state index in [-0.39, 0.29) is 11.9 Å². The van der Waals surface area contributed by atoms with Gasteiger partial charge in [-0.1, -0.05) is 11.8 Å². The van der Waals surface area contributed by atoms with Crippen LogP contribution in [0.1, 0.15) is 29.0 Å². The molecule has 3 heterocycles. The molecule has 3 rings (SSSR count). The molecule has 0 aliphatic carbocycles. The molecule has 1 N–H and O–H groups in total. The zero-order valence-corrected chi connectivity index (χ0v) is 14.6. The number of thioether (sulfide) groups is 1. The van der Waals surface area contributed by atoms with Crippen LogP contribution in [0.25, 0.3) is 0 Å². The summed E-state index contributed by atoms with van der Waals surface area (Å²) in [5, 5.41) is 3.82. The van der Waals surface area contributed by atoms with Crippen LogP contribution in [0.4, 0.5) is 5.82 Å². The molecule has 1 unspecified atom stereocenters. The number of aryl methyl sites for hydroxylation is 1. The molecule has 0 aromatic carbocycles. The molecule has 1 fully saturated rings. The van der Waals surface area contributed by atoms with Crippen LogP contribution in [0, 0.1) is 6.92 Å². The van der Waals surface area contributed by atoms with E-state index in [1.807, 2.05) is 19.2 Å². The number of nitrogens with one attached hydrogen (secondary N) is 1. The third kappa shape index (κ3) is 4.00. The largest absolute Gasteiger partial charge is 0.354 e. The van der Waals surface area contributed by atoms with Crippen molar-refractivity contribution in [3.8, 4) is 0 Å². The van der Waals surface area contributed by atoms with Crippen LogP contribution in [0.5, 0.6) is 0 Å². The summed E-state index contributed by atoms with van der Waals surface area (Å²) >= 11 is 1.54. The van der Waals surface area contributed by atoms with Crippen molar-refractivity contribution >= 4 is 23.5 Å². The predicted octanol–water partition coefficient (Wildman–Crippen LogP) is 1.70. The van der Waals surface area contributed by atoms with E-state index in [4.69, 9.17) is 0 Å². The molecule has 0 spiro atoms. The summed E-state index contributed by atoms with van der Waals surface area (Å²) in [7, 11) is 0. The highest BCUT2D eigenvalue weighted by molar-refractivity contribution is 7.98. The Morgan fingerprint density at radius 1 is 1.38 bits per heavy atom. The Hall–Kier alpha value is -2.22. The van der Waals surface area contributed by atoms with Crippen molar-refractivity contribution in [3.05, 3.63) is 36.0 Å². The van der Waals surface area contributed by atoms with Crippen LogP contribution in [0.2, 0.25) is 0 Å². The number of amides is 1. The van der Waals surface area contributed by atoms with Crippen LogP contribution in [0.3, 0.4) is 0 Å². The monoisotopic (exact) mass is 344 g/mol. The maximum absolute atomic E-state index is 12.2. The van der Waals surface area contributed by atoms with Crippen molar-refractivity contribution in [2.45, 2.75) is 31.0 Å². The fourth-order valence-electron chi connectivity index (χ4n) is 2.76. The molecule has 7 nitrogen and oxygen atoms in total. The maximum atomic E-state index is 12.2. The first kappa shape index (κ1) is 16.6. The molecule has 2 aromatic heterocycles. The fraction of sp³-hybridized carbons (Fsp3) is 0.438. The van der Waals surface area contributed by atoms with E-state index in [0.29, 0.717) is 5.69 Å². The lowest BCUT2D eigenvalue weighted by Gasteiger charge is -2.34. The van der Waals surface area contributed by atoms with Crippen LogP contribution < -0.4 is 10.2 Å². The first-order chi connectivity index (χ1) is 11.7. The molecule has 1 amide bonds. The van der Waals surface area contributed by atoms with Gasteiger partial charge >= 0.3 is 0 Å². The number of anilines is 1. The van der Waals surface area contributed by atoms with Gasteiger partial charge in [0.1, 0.15) is 11.5 Å². The van der Waals surface area contributed by atoms with Crippen molar-refractivity contribution in [2.75, 3.05) is 24.2 Å². The Bertz CT molecular complexity index is 711. The summed E-state index contributed by atoms with van der Waals surface area (Å²) in [6.07, 6.45) is 8.48. The van der Waals surface area contributed by atoms with Crippen LogP contribution in [-0.4, -0.2) is 51.2 Å². The van der Waals surface area contributed by atoms with Crippen molar-refractivity contribution < 1.29 is 4.79 Å². The number of hydrogen-bond donors (Lipinski definition) is 1. The first-order valence-corrected chi connectivity index (χ1v) is 9.09. The third-order valence-electron chi connectivity index (χ3n) is 3.88. The number of aromatic nitrogens is 4. The number of carbonyl (C=O) groups is 1. The number of carbonyl (C=O) groups excluding carboxylic acids is 1. The van der Waals surface area contributed by atoms with Crippen molar-refractivity contribution in [3.63, 3.8) is 0 Å². The van der Waals surface area contributed by atoms with E-state index in [1.54, 1.807) is 6.20 Å². The summed E-state index contributed by atoms with van der Waals surface area (Å²) in [6.45, 7) is 3.64. The van der Waals surface area contributed by atoms with Gasteiger partial charge in [0.15, 0.2) is 5.16 Å². The summed E-state index contributed by atoms with van der Waals surface area (Å²) in [4.78, 5) is 31.4. The van der Waals surface area contributed by atoms with Gasteiger partial charge in [-0.2, -0.15) is 0 Å². The first-order valence-electron chi connectivity index (χ1n) is 7.87. The lowest BCUT2D eigenvalue weighted by Crippen LogP contribution is -2.48. The highest BCUT2D eigenvalue weighted by Gasteiger charge is 2.23. The average molecular weight is 344 g/mol. The molecule has 2 aromatic rings. The average Bonchev–Trinajstić information content (AvgIpc) is 2.62. The third-order valence-corrected chi connectivity index (χ3v) is 4.43. The molecule has 1 aliphatic rings. The number of nitrogens with zero attached hydrogens (tertiary/aromatic N) is 5. The van der Waals surface area contributed by atoms with Crippen LogP contribution in [-0.2, 0) is 0 Å². The molecule has 0 radical (unpaired) electrons. The van der Waals surface area contributed by atoms with E-state index in [2.05, 4.69) is 30.2 Å². The predicted molar refractivity (Wildman–Crippen MR) is 93.3 cm³/mol. The minimum atomic E-state index is -0.182.